The van der Waals surface area contributed by atoms with E-state index in [1.54, 1.807) is 12.1 Å². The number of benzene rings is 1. The minimum Gasteiger partial charge on any atom is -0.463 e. The van der Waals surface area contributed by atoms with Crippen LogP contribution in [0.25, 0.3) is 0 Å². The lowest BCUT2D eigenvalue weighted by molar-refractivity contribution is 0.0558. The summed E-state index contributed by atoms with van der Waals surface area (Å²) >= 11 is 3.35. The first-order valence-electron chi connectivity index (χ1n) is 5.24. The number of hydrogen-bond acceptors (Lipinski definition) is 4. The molecule has 0 saturated heterocycles. The second kappa shape index (κ2) is 5.37. The van der Waals surface area contributed by atoms with E-state index in [2.05, 4.69) is 20.7 Å². The van der Waals surface area contributed by atoms with Crippen molar-refractivity contribution in [3.05, 3.63) is 58.0 Å². The average Bonchev–Trinajstić information content (AvgIpc) is 2.87. The van der Waals surface area contributed by atoms with Crippen molar-refractivity contribution >= 4 is 21.9 Å². The first-order chi connectivity index (χ1) is 8.63. The fraction of sp³-hybridized carbons (Fsp3) is 0.154. The first kappa shape index (κ1) is 12.9. The molecule has 2 rings (SSSR count). The van der Waals surface area contributed by atoms with Gasteiger partial charge in [0.2, 0.25) is 5.76 Å². The number of esters is 1. The third kappa shape index (κ3) is 2.47. The molecule has 1 heterocycles. The van der Waals surface area contributed by atoms with Crippen LogP contribution in [0.2, 0.25) is 0 Å². The Bertz CT molecular complexity index is 562. The molecule has 0 aliphatic carbocycles. The van der Waals surface area contributed by atoms with E-state index in [0.29, 0.717) is 11.3 Å². The lowest BCUT2D eigenvalue weighted by atomic mass is 10.1. The Kier molecular flexibility index (Phi) is 3.84. The highest BCUT2D eigenvalue weighted by Gasteiger charge is 2.19. The number of methoxy groups -OCH3 is 1. The van der Waals surface area contributed by atoms with Crippen LogP contribution in [0.5, 0.6) is 0 Å². The molecule has 0 fully saturated rings. The number of furan rings is 1. The molecule has 0 spiro atoms. The number of aliphatic hydroxyl groups is 1. The Hall–Kier alpha value is -1.59. The third-order valence-electron chi connectivity index (χ3n) is 2.48. The summed E-state index contributed by atoms with van der Waals surface area (Å²) in [6.45, 7) is 0. The third-order valence-corrected chi connectivity index (χ3v) is 3.20. The molecule has 0 aliphatic heterocycles. The number of aliphatic hydroxyl groups excluding tert-OH is 1. The lowest BCUT2D eigenvalue weighted by Gasteiger charge is -2.09. The van der Waals surface area contributed by atoms with Gasteiger partial charge in [0.15, 0.2) is 0 Å². The zero-order chi connectivity index (χ0) is 13.1. The number of carbonyl (C=O) groups is 1. The van der Waals surface area contributed by atoms with Gasteiger partial charge in [0.1, 0.15) is 11.9 Å². The predicted octanol–water partition coefficient (Wildman–Crippen LogP) is 2.91. The van der Waals surface area contributed by atoms with E-state index in [4.69, 9.17) is 4.42 Å². The summed E-state index contributed by atoms with van der Waals surface area (Å²) in [6.07, 6.45) is -0.931. The van der Waals surface area contributed by atoms with Crippen LogP contribution in [0, 0.1) is 0 Å². The van der Waals surface area contributed by atoms with Crippen LogP contribution in [-0.4, -0.2) is 18.2 Å². The molecule has 4 nitrogen and oxygen atoms in total. The summed E-state index contributed by atoms with van der Waals surface area (Å²) < 4.78 is 10.6. The van der Waals surface area contributed by atoms with Gasteiger partial charge in [-0.15, -0.1) is 0 Å². The summed E-state index contributed by atoms with van der Waals surface area (Å²) in [4.78, 5) is 11.2. The SMILES string of the molecule is COC(=O)c1ccc(C(O)c2ccccc2Br)o1. The topological polar surface area (TPSA) is 59.7 Å². The van der Waals surface area contributed by atoms with Gasteiger partial charge in [0, 0.05) is 10.0 Å². The van der Waals surface area contributed by atoms with Crippen molar-refractivity contribution in [3.63, 3.8) is 0 Å². The Labute approximate surface area is 112 Å². The number of carbonyl (C=O) groups excluding carboxylic acids is 1. The minimum atomic E-state index is -0.931. The maximum atomic E-state index is 11.2. The van der Waals surface area contributed by atoms with Crippen LogP contribution in [0.4, 0.5) is 0 Å². The molecule has 18 heavy (non-hydrogen) atoms. The Morgan fingerprint density at radius 2 is 2.06 bits per heavy atom. The van der Waals surface area contributed by atoms with Crippen molar-refractivity contribution < 1.29 is 19.1 Å². The van der Waals surface area contributed by atoms with Crippen LogP contribution in [0.3, 0.4) is 0 Å². The van der Waals surface area contributed by atoms with Gasteiger partial charge in [-0.2, -0.15) is 0 Å². The molecule has 0 aliphatic rings. The van der Waals surface area contributed by atoms with Crippen LogP contribution >= 0.6 is 15.9 Å². The van der Waals surface area contributed by atoms with Crippen LogP contribution < -0.4 is 0 Å². The number of rotatable bonds is 3. The fourth-order valence-corrected chi connectivity index (χ4v) is 2.06. The molecule has 1 aromatic heterocycles. The smallest absolute Gasteiger partial charge is 0.373 e. The van der Waals surface area contributed by atoms with Crippen LogP contribution in [-0.2, 0) is 4.74 Å². The van der Waals surface area contributed by atoms with E-state index in [0.717, 1.165) is 4.47 Å². The normalized spacial score (nSPS) is 12.2. The minimum absolute atomic E-state index is 0.0682. The van der Waals surface area contributed by atoms with E-state index in [9.17, 15) is 9.90 Å². The van der Waals surface area contributed by atoms with Gasteiger partial charge in [-0.25, -0.2) is 4.79 Å². The van der Waals surface area contributed by atoms with E-state index < -0.39 is 12.1 Å². The van der Waals surface area contributed by atoms with Gasteiger partial charge in [-0.3, -0.25) is 0 Å². The molecular formula is C13H11BrO4. The van der Waals surface area contributed by atoms with Crippen molar-refractivity contribution in [2.45, 2.75) is 6.10 Å². The highest BCUT2D eigenvalue weighted by atomic mass is 79.9. The molecule has 2 aromatic rings. The molecule has 1 unspecified atom stereocenters. The monoisotopic (exact) mass is 310 g/mol. The van der Waals surface area contributed by atoms with Gasteiger partial charge in [-0.1, -0.05) is 34.1 Å². The molecule has 0 saturated carbocycles. The second-order valence-electron chi connectivity index (χ2n) is 3.62. The van der Waals surface area contributed by atoms with Gasteiger partial charge in [-0.05, 0) is 18.2 Å². The van der Waals surface area contributed by atoms with E-state index >= 15 is 0 Å². The van der Waals surface area contributed by atoms with Crippen LogP contribution in [0.1, 0.15) is 28.0 Å². The van der Waals surface area contributed by atoms with Crippen molar-refractivity contribution in [2.24, 2.45) is 0 Å². The Morgan fingerprint density at radius 3 is 2.72 bits per heavy atom. The molecule has 0 amide bonds. The van der Waals surface area contributed by atoms with Crippen molar-refractivity contribution in [1.29, 1.82) is 0 Å². The molecule has 1 aromatic carbocycles. The summed E-state index contributed by atoms with van der Waals surface area (Å²) in [5.74, 6) is -0.207. The molecule has 5 heteroatoms. The second-order valence-corrected chi connectivity index (χ2v) is 4.47. The molecule has 0 radical (unpaired) electrons. The molecular weight excluding hydrogens is 300 g/mol. The largest absolute Gasteiger partial charge is 0.463 e. The van der Waals surface area contributed by atoms with Gasteiger partial charge >= 0.3 is 5.97 Å². The quantitative estimate of drug-likeness (QED) is 0.886. The van der Waals surface area contributed by atoms with E-state index in [1.807, 2.05) is 18.2 Å². The number of hydrogen-bond donors (Lipinski definition) is 1. The zero-order valence-corrected chi connectivity index (χ0v) is 11.2. The fourth-order valence-electron chi connectivity index (χ4n) is 1.56. The predicted molar refractivity (Wildman–Crippen MR) is 68.3 cm³/mol. The van der Waals surface area contributed by atoms with Crippen molar-refractivity contribution in [2.75, 3.05) is 7.11 Å². The maximum absolute atomic E-state index is 11.2. The summed E-state index contributed by atoms with van der Waals surface area (Å²) in [7, 11) is 1.27. The Morgan fingerprint density at radius 1 is 1.33 bits per heavy atom. The van der Waals surface area contributed by atoms with Gasteiger partial charge in [0.05, 0.1) is 7.11 Å². The van der Waals surface area contributed by atoms with E-state index in [-0.39, 0.29) is 5.76 Å². The summed E-state index contributed by atoms with van der Waals surface area (Å²) in [6, 6.07) is 10.3. The highest BCUT2D eigenvalue weighted by Crippen LogP contribution is 2.29. The van der Waals surface area contributed by atoms with E-state index in [1.165, 1.54) is 13.2 Å². The van der Waals surface area contributed by atoms with Gasteiger partial charge in [0.25, 0.3) is 0 Å². The maximum Gasteiger partial charge on any atom is 0.373 e. The highest BCUT2D eigenvalue weighted by molar-refractivity contribution is 9.10. The molecule has 94 valence electrons. The number of ether oxygens (including phenoxy) is 1. The van der Waals surface area contributed by atoms with Gasteiger partial charge < -0.3 is 14.3 Å². The van der Waals surface area contributed by atoms with Crippen molar-refractivity contribution in [3.8, 4) is 0 Å². The molecule has 0 bridgehead atoms. The first-order valence-corrected chi connectivity index (χ1v) is 6.03. The van der Waals surface area contributed by atoms with Crippen molar-refractivity contribution in [1.82, 2.24) is 0 Å². The lowest BCUT2D eigenvalue weighted by Crippen LogP contribution is -2.00. The standard InChI is InChI=1S/C13H11BrO4/c1-17-13(16)11-7-6-10(18-11)12(15)8-4-2-3-5-9(8)14/h2-7,12,15H,1H3. The summed E-state index contributed by atoms with van der Waals surface area (Å²) in [5.41, 5.74) is 0.670. The molecule has 1 N–H and O–H groups in total. The van der Waals surface area contributed by atoms with Crippen LogP contribution in [0.15, 0.2) is 45.3 Å². The average molecular weight is 311 g/mol. The summed E-state index contributed by atoms with van der Waals surface area (Å²) in [5, 5.41) is 10.2. The molecule has 1 atom stereocenters. The zero-order valence-electron chi connectivity index (χ0n) is 9.59. The Balaban J connectivity index is 2.29. The number of halogens is 1.